The minimum Gasteiger partial charge on any atom is -0.449 e. The lowest BCUT2D eigenvalue weighted by Crippen LogP contribution is -2.20. The molecule has 1 aliphatic carbocycles. The van der Waals surface area contributed by atoms with Gasteiger partial charge in [0, 0.05) is 17.5 Å². The second-order valence-electron chi connectivity index (χ2n) is 7.88. The van der Waals surface area contributed by atoms with E-state index in [0.29, 0.717) is 29.3 Å². The van der Waals surface area contributed by atoms with Crippen LogP contribution in [0, 0.1) is 12.8 Å². The van der Waals surface area contributed by atoms with Crippen molar-refractivity contribution in [2.24, 2.45) is 5.92 Å². The Hall–Kier alpha value is -3.08. The fourth-order valence-corrected chi connectivity index (χ4v) is 4.00. The van der Waals surface area contributed by atoms with Crippen LogP contribution >= 0.6 is 0 Å². The molecule has 2 amide bonds. The van der Waals surface area contributed by atoms with Gasteiger partial charge in [0.1, 0.15) is 11.3 Å². The van der Waals surface area contributed by atoms with E-state index in [2.05, 4.69) is 10.6 Å². The van der Waals surface area contributed by atoms with Gasteiger partial charge >= 0.3 is 0 Å². The number of hydrogen-bond acceptors (Lipinski definition) is 3. The maximum absolute atomic E-state index is 12.9. The first-order valence-electron chi connectivity index (χ1n) is 10.3. The lowest BCUT2D eigenvalue weighted by atomic mass is 9.87. The number of amides is 2. The normalized spacial score (nSPS) is 14.7. The standard InChI is InChI=1S/C24H26N2O3/c1-16-11-13-18(14-12-16)25-24(28)23-22(19-9-5-6-10-20(19)29-23)26-21(27)15-17-7-3-2-4-8-17/h5-6,9-14,17H,2-4,7-8,15H2,1H3,(H,25,28)(H,26,27). The van der Waals surface area contributed by atoms with Crippen molar-refractivity contribution in [3.05, 3.63) is 59.9 Å². The summed E-state index contributed by atoms with van der Waals surface area (Å²) in [7, 11) is 0. The van der Waals surface area contributed by atoms with Gasteiger partial charge in [0.25, 0.3) is 5.91 Å². The third-order valence-corrected chi connectivity index (χ3v) is 5.57. The zero-order valence-corrected chi connectivity index (χ0v) is 16.7. The molecule has 1 fully saturated rings. The van der Waals surface area contributed by atoms with Crippen molar-refractivity contribution in [1.82, 2.24) is 0 Å². The van der Waals surface area contributed by atoms with Crippen LogP contribution in [0.25, 0.3) is 11.0 Å². The van der Waals surface area contributed by atoms with Crippen molar-refractivity contribution < 1.29 is 14.0 Å². The van der Waals surface area contributed by atoms with Crippen LogP contribution in [0.1, 0.15) is 54.6 Å². The molecule has 0 saturated heterocycles. The number of rotatable bonds is 5. The highest BCUT2D eigenvalue weighted by molar-refractivity contribution is 6.14. The third kappa shape index (κ3) is 4.50. The van der Waals surface area contributed by atoms with Gasteiger partial charge < -0.3 is 15.1 Å². The molecule has 4 rings (SSSR count). The van der Waals surface area contributed by atoms with Crippen LogP contribution in [0.4, 0.5) is 11.4 Å². The average molecular weight is 390 g/mol. The van der Waals surface area contributed by atoms with Crippen molar-refractivity contribution in [1.29, 1.82) is 0 Å². The third-order valence-electron chi connectivity index (χ3n) is 5.57. The molecule has 0 unspecified atom stereocenters. The van der Waals surface area contributed by atoms with E-state index in [0.717, 1.165) is 23.8 Å². The number of furan rings is 1. The molecular weight excluding hydrogens is 364 g/mol. The summed E-state index contributed by atoms with van der Waals surface area (Å²) in [6.45, 7) is 1.99. The molecule has 2 aromatic carbocycles. The van der Waals surface area contributed by atoms with Crippen LogP contribution in [0.5, 0.6) is 0 Å². The van der Waals surface area contributed by atoms with Gasteiger partial charge in [0.05, 0.1) is 0 Å². The van der Waals surface area contributed by atoms with Gasteiger partial charge in [-0.25, -0.2) is 0 Å². The lowest BCUT2D eigenvalue weighted by molar-refractivity contribution is -0.117. The Morgan fingerprint density at radius 1 is 0.966 bits per heavy atom. The zero-order valence-electron chi connectivity index (χ0n) is 16.7. The molecule has 0 bridgehead atoms. The van der Waals surface area contributed by atoms with Crippen LogP contribution < -0.4 is 10.6 Å². The fraction of sp³-hybridized carbons (Fsp3) is 0.333. The lowest BCUT2D eigenvalue weighted by Gasteiger charge is -2.20. The fourth-order valence-electron chi connectivity index (χ4n) is 4.00. The van der Waals surface area contributed by atoms with E-state index in [4.69, 9.17) is 4.42 Å². The smallest absolute Gasteiger partial charge is 0.293 e. The molecule has 0 aliphatic heterocycles. The van der Waals surface area contributed by atoms with E-state index < -0.39 is 0 Å². The number of hydrogen-bond donors (Lipinski definition) is 2. The molecule has 150 valence electrons. The molecule has 5 nitrogen and oxygen atoms in total. The molecule has 1 heterocycles. The summed E-state index contributed by atoms with van der Waals surface area (Å²) in [6.07, 6.45) is 6.32. The van der Waals surface area contributed by atoms with Crippen molar-refractivity contribution in [2.45, 2.75) is 45.4 Å². The quantitative estimate of drug-likeness (QED) is 0.569. The number of fused-ring (bicyclic) bond motifs is 1. The summed E-state index contributed by atoms with van der Waals surface area (Å²) in [4.78, 5) is 25.6. The highest BCUT2D eigenvalue weighted by atomic mass is 16.3. The minimum absolute atomic E-state index is 0.0622. The Labute approximate surface area is 170 Å². The second-order valence-corrected chi connectivity index (χ2v) is 7.88. The monoisotopic (exact) mass is 390 g/mol. The number of nitrogens with one attached hydrogen (secondary N) is 2. The number of aryl methyl sites for hydroxylation is 1. The topological polar surface area (TPSA) is 71.3 Å². The maximum Gasteiger partial charge on any atom is 0.293 e. The molecule has 5 heteroatoms. The molecule has 0 radical (unpaired) electrons. The van der Waals surface area contributed by atoms with Gasteiger partial charge in [-0.15, -0.1) is 0 Å². The summed E-state index contributed by atoms with van der Waals surface area (Å²) in [5.74, 6) is 0.112. The van der Waals surface area contributed by atoms with Gasteiger partial charge in [0.2, 0.25) is 11.7 Å². The Morgan fingerprint density at radius 3 is 2.45 bits per heavy atom. The number of benzene rings is 2. The van der Waals surface area contributed by atoms with Crippen molar-refractivity contribution in [3.63, 3.8) is 0 Å². The van der Waals surface area contributed by atoms with E-state index >= 15 is 0 Å². The van der Waals surface area contributed by atoms with Gasteiger partial charge in [-0.2, -0.15) is 0 Å². The zero-order chi connectivity index (χ0) is 20.2. The predicted octanol–water partition coefficient (Wildman–Crippen LogP) is 5.90. The van der Waals surface area contributed by atoms with Crippen molar-refractivity contribution in [2.75, 3.05) is 10.6 Å². The summed E-state index contributed by atoms with van der Waals surface area (Å²) in [5.41, 5.74) is 2.82. The average Bonchev–Trinajstić information content (AvgIpc) is 3.09. The van der Waals surface area contributed by atoms with Gasteiger partial charge in [-0.1, -0.05) is 49.1 Å². The number of carbonyl (C=O) groups excluding carboxylic acids is 2. The predicted molar refractivity (Wildman–Crippen MR) is 115 cm³/mol. The van der Waals surface area contributed by atoms with E-state index in [-0.39, 0.29) is 17.6 Å². The Morgan fingerprint density at radius 2 is 1.69 bits per heavy atom. The van der Waals surface area contributed by atoms with E-state index in [1.165, 1.54) is 19.3 Å². The molecule has 2 N–H and O–H groups in total. The maximum atomic E-state index is 12.9. The number of anilines is 2. The summed E-state index contributed by atoms with van der Waals surface area (Å²) >= 11 is 0. The second kappa shape index (κ2) is 8.52. The van der Waals surface area contributed by atoms with E-state index in [1.807, 2.05) is 49.4 Å². The highest BCUT2D eigenvalue weighted by Crippen LogP contribution is 2.33. The molecular formula is C24H26N2O3. The number of para-hydroxylation sites is 1. The largest absolute Gasteiger partial charge is 0.449 e. The Bertz CT molecular complexity index is 1010. The molecule has 0 atom stereocenters. The van der Waals surface area contributed by atoms with Crippen LogP contribution in [0.2, 0.25) is 0 Å². The van der Waals surface area contributed by atoms with Crippen LogP contribution in [-0.4, -0.2) is 11.8 Å². The van der Waals surface area contributed by atoms with Crippen LogP contribution in [0.3, 0.4) is 0 Å². The first-order valence-corrected chi connectivity index (χ1v) is 10.3. The van der Waals surface area contributed by atoms with Crippen LogP contribution in [0.15, 0.2) is 52.9 Å². The summed E-state index contributed by atoms with van der Waals surface area (Å²) in [6, 6.07) is 14.9. The minimum atomic E-state index is -0.377. The molecule has 1 aliphatic rings. The molecule has 3 aromatic rings. The molecule has 0 spiro atoms. The van der Waals surface area contributed by atoms with Gasteiger partial charge in [-0.05, 0) is 49.9 Å². The first kappa shape index (κ1) is 19.2. The molecule has 1 aromatic heterocycles. The molecule has 1 saturated carbocycles. The van der Waals surface area contributed by atoms with Gasteiger partial charge in [-0.3, -0.25) is 9.59 Å². The van der Waals surface area contributed by atoms with Crippen molar-refractivity contribution in [3.8, 4) is 0 Å². The first-order chi connectivity index (χ1) is 14.1. The van der Waals surface area contributed by atoms with E-state index in [9.17, 15) is 9.59 Å². The highest BCUT2D eigenvalue weighted by Gasteiger charge is 2.24. The summed E-state index contributed by atoms with van der Waals surface area (Å²) < 4.78 is 5.82. The SMILES string of the molecule is Cc1ccc(NC(=O)c2oc3ccccc3c2NC(=O)CC2CCCCC2)cc1. The summed E-state index contributed by atoms with van der Waals surface area (Å²) in [5, 5.41) is 6.56. The molecule has 29 heavy (non-hydrogen) atoms. The van der Waals surface area contributed by atoms with Crippen molar-refractivity contribution >= 4 is 34.2 Å². The van der Waals surface area contributed by atoms with Gasteiger partial charge in [0.15, 0.2) is 0 Å². The Kier molecular flexibility index (Phi) is 5.65. The van der Waals surface area contributed by atoms with E-state index in [1.54, 1.807) is 6.07 Å². The Balaban J connectivity index is 1.57. The number of carbonyl (C=O) groups is 2. The van der Waals surface area contributed by atoms with Crippen LogP contribution in [-0.2, 0) is 4.79 Å².